The Morgan fingerprint density at radius 2 is 2.20 bits per heavy atom. The lowest BCUT2D eigenvalue weighted by Crippen LogP contribution is -2.34. The first-order valence-corrected chi connectivity index (χ1v) is 5.08. The van der Waals surface area contributed by atoms with Crippen molar-refractivity contribution in [3.05, 3.63) is 0 Å². The summed E-state index contributed by atoms with van der Waals surface area (Å²) in [5.74, 6) is -0.0782. The summed E-state index contributed by atoms with van der Waals surface area (Å²) >= 11 is 0. The lowest BCUT2D eigenvalue weighted by molar-refractivity contribution is -0.118. The van der Waals surface area contributed by atoms with Gasteiger partial charge < -0.3 is 22.0 Å². The number of nitrogens with zero attached hydrogens (tertiary/aromatic N) is 1. The number of carbonyl (C=O) groups is 1. The molecule has 0 rings (SSSR count). The van der Waals surface area contributed by atoms with Crippen LogP contribution < -0.4 is 16.8 Å². The summed E-state index contributed by atoms with van der Waals surface area (Å²) < 4.78 is 0. The van der Waals surface area contributed by atoms with Gasteiger partial charge in [0, 0.05) is 18.9 Å². The molecule has 1 atom stereocenters. The molecule has 6 nitrogen and oxygen atoms in total. The van der Waals surface area contributed by atoms with Crippen LogP contribution in [0, 0.1) is 0 Å². The minimum absolute atomic E-state index is 0.175. The molecule has 1 amide bonds. The van der Waals surface area contributed by atoms with Gasteiger partial charge in [-0.25, -0.2) is 0 Å². The molecular formula is C9H20N4O2. The highest BCUT2D eigenvalue weighted by Gasteiger charge is 2.07. The Balaban J connectivity index is 3.66. The second-order valence-electron chi connectivity index (χ2n) is 3.42. The predicted octanol–water partition coefficient (Wildman–Crippen LogP) is -0.243. The number of nitrogens with two attached hydrogens (primary N) is 2. The molecule has 6 N–H and O–H groups in total. The number of carbonyl (C=O) groups excluding carboxylic acids is 1. The van der Waals surface area contributed by atoms with E-state index in [1.54, 1.807) is 0 Å². The van der Waals surface area contributed by atoms with Crippen molar-refractivity contribution in [1.29, 1.82) is 0 Å². The number of amides is 1. The van der Waals surface area contributed by atoms with E-state index in [0.717, 1.165) is 6.42 Å². The van der Waals surface area contributed by atoms with Gasteiger partial charge >= 0.3 is 0 Å². The van der Waals surface area contributed by atoms with Gasteiger partial charge in [-0.05, 0) is 19.4 Å². The van der Waals surface area contributed by atoms with Crippen molar-refractivity contribution in [2.75, 3.05) is 6.54 Å². The Morgan fingerprint density at radius 3 is 2.67 bits per heavy atom. The van der Waals surface area contributed by atoms with E-state index in [1.165, 1.54) is 0 Å². The van der Waals surface area contributed by atoms with Gasteiger partial charge in [-0.2, -0.15) is 0 Å². The molecule has 0 spiro atoms. The van der Waals surface area contributed by atoms with Gasteiger partial charge in [0.15, 0.2) is 0 Å². The summed E-state index contributed by atoms with van der Waals surface area (Å²) in [6.07, 6.45) is 2.48. The molecule has 0 aliphatic rings. The number of hydrogen-bond donors (Lipinski definition) is 4. The third-order valence-electron chi connectivity index (χ3n) is 2.11. The molecule has 1 unspecified atom stereocenters. The van der Waals surface area contributed by atoms with Gasteiger partial charge in [-0.3, -0.25) is 4.79 Å². The predicted molar refractivity (Wildman–Crippen MR) is 58.5 cm³/mol. The van der Waals surface area contributed by atoms with E-state index in [2.05, 4.69) is 10.5 Å². The minimum Gasteiger partial charge on any atom is -0.409 e. The summed E-state index contributed by atoms with van der Waals surface area (Å²) in [6.45, 7) is 2.72. The van der Waals surface area contributed by atoms with Crippen molar-refractivity contribution < 1.29 is 10.0 Å². The smallest absolute Gasteiger partial charge is 0.217 e. The Hall–Kier alpha value is -1.30. The van der Waals surface area contributed by atoms with E-state index < -0.39 is 0 Å². The highest BCUT2D eigenvalue weighted by atomic mass is 16.4. The molecule has 6 heteroatoms. The third-order valence-corrected chi connectivity index (χ3v) is 2.11. The molecule has 15 heavy (non-hydrogen) atoms. The Kier molecular flexibility index (Phi) is 7.35. The molecular weight excluding hydrogens is 196 g/mol. The van der Waals surface area contributed by atoms with Gasteiger partial charge in [0.1, 0.15) is 5.84 Å². The molecule has 0 bridgehead atoms. The summed E-state index contributed by atoms with van der Waals surface area (Å²) in [5.41, 5.74) is 10.4. The van der Waals surface area contributed by atoms with Gasteiger partial charge in [0.2, 0.25) is 5.91 Å². The second-order valence-corrected chi connectivity index (χ2v) is 3.42. The molecule has 0 aliphatic carbocycles. The lowest BCUT2D eigenvalue weighted by Gasteiger charge is -2.15. The van der Waals surface area contributed by atoms with Crippen LogP contribution in [-0.2, 0) is 4.79 Å². The van der Waals surface area contributed by atoms with Gasteiger partial charge in [-0.1, -0.05) is 12.1 Å². The molecule has 0 fully saturated rings. The molecule has 0 radical (unpaired) electrons. The Bertz CT molecular complexity index is 218. The van der Waals surface area contributed by atoms with Crippen LogP contribution in [0.2, 0.25) is 0 Å². The fourth-order valence-electron chi connectivity index (χ4n) is 1.22. The van der Waals surface area contributed by atoms with Crippen LogP contribution >= 0.6 is 0 Å². The van der Waals surface area contributed by atoms with Crippen molar-refractivity contribution in [2.45, 2.75) is 38.6 Å². The maximum absolute atomic E-state index is 10.5. The Labute approximate surface area is 89.7 Å². The molecule has 0 aromatic rings. The zero-order chi connectivity index (χ0) is 11.7. The lowest BCUT2D eigenvalue weighted by atomic mass is 10.1. The highest BCUT2D eigenvalue weighted by molar-refractivity contribution is 5.80. The van der Waals surface area contributed by atoms with E-state index in [0.29, 0.717) is 25.8 Å². The number of primary amides is 1. The van der Waals surface area contributed by atoms with Crippen LogP contribution in [0.5, 0.6) is 0 Å². The summed E-state index contributed by atoms with van der Waals surface area (Å²) in [6, 6.07) is 0.175. The van der Waals surface area contributed by atoms with Crippen molar-refractivity contribution in [1.82, 2.24) is 5.32 Å². The number of nitrogens with one attached hydrogen (secondary N) is 1. The van der Waals surface area contributed by atoms with Crippen LogP contribution in [0.15, 0.2) is 5.16 Å². The average Bonchev–Trinajstić information content (AvgIpc) is 2.21. The first-order chi connectivity index (χ1) is 7.10. The van der Waals surface area contributed by atoms with Crippen LogP contribution in [0.3, 0.4) is 0 Å². The molecule has 88 valence electrons. The van der Waals surface area contributed by atoms with E-state index in [9.17, 15) is 4.79 Å². The number of hydrogen-bond acceptors (Lipinski definition) is 4. The first kappa shape index (κ1) is 13.7. The van der Waals surface area contributed by atoms with Crippen molar-refractivity contribution in [3.63, 3.8) is 0 Å². The van der Waals surface area contributed by atoms with E-state index >= 15 is 0 Å². The number of rotatable bonds is 8. The highest BCUT2D eigenvalue weighted by Crippen LogP contribution is 1.98. The molecule has 0 aromatic carbocycles. The van der Waals surface area contributed by atoms with Crippen LogP contribution in [-0.4, -0.2) is 29.5 Å². The summed E-state index contributed by atoms with van der Waals surface area (Å²) in [5, 5.41) is 14.5. The van der Waals surface area contributed by atoms with Gasteiger partial charge in [-0.15, -0.1) is 0 Å². The van der Waals surface area contributed by atoms with Gasteiger partial charge in [0.25, 0.3) is 0 Å². The SMILES string of the molecule is CCC(CC(N)=NO)NCCCC(N)=O. The zero-order valence-corrected chi connectivity index (χ0v) is 9.07. The first-order valence-electron chi connectivity index (χ1n) is 5.08. The van der Waals surface area contributed by atoms with Crippen LogP contribution in [0.4, 0.5) is 0 Å². The molecule has 0 saturated heterocycles. The average molecular weight is 216 g/mol. The van der Waals surface area contributed by atoms with Crippen molar-refractivity contribution in [3.8, 4) is 0 Å². The second kappa shape index (κ2) is 8.05. The summed E-state index contributed by atoms with van der Waals surface area (Å²) in [7, 11) is 0. The third kappa shape index (κ3) is 7.75. The Morgan fingerprint density at radius 1 is 1.53 bits per heavy atom. The van der Waals surface area contributed by atoms with E-state index in [1.807, 2.05) is 6.92 Å². The number of oxime groups is 1. The monoisotopic (exact) mass is 216 g/mol. The maximum atomic E-state index is 10.5. The van der Waals surface area contributed by atoms with Crippen molar-refractivity contribution >= 4 is 11.7 Å². The summed E-state index contributed by atoms with van der Waals surface area (Å²) in [4.78, 5) is 10.5. The standard InChI is InChI=1S/C9H20N4O2/c1-2-7(6-8(10)13-15)12-5-3-4-9(11)14/h7,12,15H,2-6H2,1H3,(H2,10,13)(H2,11,14). The van der Waals surface area contributed by atoms with Crippen LogP contribution in [0.1, 0.15) is 32.6 Å². The molecule has 0 heterocycles. The quantitative estimate of drug-likeness (QED) is 0.147. The van der Waals surface area contributed by atoms with E-state index in [4.69, 9.17) is 16.7 Å². The topological polar surface area (TPSA) is 114 Å². The number of amidine groups is 1. The normalized spacial score (nSPS) is 13.8. The largest absolute Gasteiger partial charge is 0.409 e. The van der Waals surface area contributed by atoms with Crippen molar-refractivity contribution in [2.24, 2.45) is 16.6 Å². The fourth-order valence-corrected chi connectivity index (χ4v) is 1.22. The van der Waals surface area contributed by atoms with Crippen LogP contribution in [0.25, 0.3) is 0 Å². The maximum Gasteiger partial charge on any atom is 0.217 e. The fraction of sp³-hybridized carbons (Fsp3) is 0.778. The molecule has 0 saturated carbocycles. The minimum atomic E-state index is -0.290. The molecule has 0 aromatic heterocycles. The molecule has 0 aliphatic heterocycles. The van der Waals surface area contributed by atoms with E-state index in [-0.39, 0.29) is 17.8 Å². The van der Waals surface area contributed by atoms with Gasteiger partial charge in [0.05, 0.1) is 0 Å². The zero-order valence-electron chi connectivity index (χ0n) is 9.07.